The summed E-state index contributed by atoms with van der Waals surface area (Å²) in [6, 6.07) is 1.77. The first-order valence-electron chi connectivity index (χ1n) is 9.52. The molecule has 168 valence electrons. The van der Waals surface area contributed by atoms with Gasteiger partial charge in [-0.25, -0.2) is 22.4 Å². The van der Waals surface area contributed by atoms with Crippen molar-refractivity contribution in [3.05, 3.63) is 63.5 Å². The second kappa shape index (κ2) is 7.52. The number of rotatable bonds is 3. The van der Waals surface area contributed by atoms with Gasteiger partial charge in [0.15, 0.2) is 11.6 Å². The summed E-state index contributed by atoms with van der Waals surface area (Å²) in [5.41, 5.74) is 1.03. The molecule has 0 radical (unpaired) electrons. The van der Waals surface area contributed by atoms with Gasteiger partial charge < -0.3 is 25.4 Å². The number of hydrogen-bond acceptors (Lipinski definition) is 5. The zero-order valence-electron chi connectivity index (χ0n) is 16.6. The fraction of sp³-hybridized carbons (Fsp3) is 0.238. The summed E-state index contributed by atoms with van der Waals surface area (Å²) in [7, 11) is 0. The number of pyridine rings is 1. The first-order valence-corrected chi connectivity index (χ1v) is 9.52. The molecule has 2 aromatic carbocycles. The molecular weight excluding hydrogens is 434 g/mol. The van der Waals surface area contributed by atoms with Crippen molar-refractivity contribution in [3.8, 4) is 5.69 Å². The maximum Gasteiger partial charge on any atom is 0.341 e. The smallest absolute Gasteiger partial charge is 0.341 e. The Kier molecular flexibility index (Phi) is 5.08. The zero-order valence-corrected chi connectivity index (χ0v) is 16.6. The van der Waals surface area contributed by atoms with Gasteiger partial charge in [-0.2, -0.15) is 0 Å². The van der Waals surface area contributed by atoms with E-state index >= 15 is 8.78 Å². The maximum absolute atomic E-state index is 15.8. The van der Waals surface area contributed by atoms with Crippen LogP contribution in [0.5, 0.6) is 0 Å². The van der Waals surface area contributed by atoms with Crippen molar-refractivity contribution in [1.82, 2.24) is 4.57 Å². The number of aliphatic hydroxyl groups is 1. The summed E-state index contributed by atoms with van der Waals surface area (Å²) in [6.45, 7) is 1.50. The SMILES string of the molecule is CC1CC(O)CN1c1c(F)c(N)c2c(=O)c(C(=O)O)cn(-c3ccc(F)cc3F)c2c1F. The number of carbonyl (C=O) groups is 1. The Morgan fingerprint density at radius 2 is 1.88 bits per heavy atom. The molecule has 0 aliphatic carbocycles. The lowest BCUT2D eigenvalue weighted by Gasteiger charge is -2.27. The summed E-state index contributed by atoms with van der Waals surface area (Å²) < 4.78 is 59.7. The van der Waals surface area contributed by atoms with E-state index in [4.69, 9.17) is 5.73 Å². The Morgan fingerprint density at radius 1 is 1.19 bits per heavy atom. The van der Waals surface area contributed by atoms with Crippen LogP contribution in [0.3, 0.4) is 0 Å². The monoisotopic (exact) mass is 451 g/mol. The minimum atomic E-state index is -1.73. The number of carboxylic acids is 1. The van der Waals surface area contributed by atoms with Crippen molar-refractivity contribution in [3.63, 3.8) is 0 Å². The number of β-amino-alcohol motifs (C(OH)–C–C–N with tert-alkyl or cyclic N) is 1. The number of carboxylic acid groups (broad SMARTS) is 1. The van der Waals surface area contributed by atoms with Crippen molar-refractivity contribution >= 4 is 28.2 Å². The molecule has 1 fully saturated rings. The molecule has 0 amide bonds. The van der Waals surface area contributed by atoms with Crippen LogP contribution < -0.4 is 16.1 Å². The minimum Gasteiger partial charge on any atom is -0.477 e. The second-order valence-corrected chi connectivity index (χ2v) is 7.65. The van der Waals surface area contributed by atoms with E-state index in [1.807, 2.05) is 0 Å². The van der Waals surface area contributed by atoms with E-state index in [-0.39, 0.29) is 13.0 Å². The molecule has 1 aliphatic rings. The van der Waals surface area contributed by atoms with Crippen LogP contribution in [0.25, 0.3) is 16.6 Å². The van der Waals surface area contributed by atoms with E-state index in [9.17, 15) is 28.6 Å². The number of hydrogen-bond donors (Lipinski definition) is 3. The molecule has 1 aromatic heterocycles. The van der Waals surface area contributed by atoms with Gasteiger partial charge in [0.1, 0.15) is 22.9 Å². The number of nitrogens with zero attached hydrogens (tertiary/aromatic N) is 2. The highest BCUT2D eigenvalue weighted by Crippen LogP contribution is 2.39. The fourth-order valence-corrected chi connectivity index (χ4v) is 4.11. The molecule has 2 atom stereocenters. The van der Waals surface area contributed by atoms with Gasteiger partial charge in [0.2, 0.25) is 5.43 Å². The van der Waals surface area contributed by atoms with Gasteiger partial charge in [0, 0.05) is 24.8 Å². The number of fused-ring (bicyclic) bond motifs is 1. The van der Waals surface area contributed by atoms with Gasteiger partial charge in [-0.1, -0.05) is 0 Å². The number of halogens is 4. The van der Waals surface area contributed by atoms with Crippen molar-refractivity contribution in [2.75, 3.05) is 17.2 Å². The van der Waals surface area contributed by atoms with Gasteiger partial charge in [-0.3, -0.25) is 4.79 Å². The lowest BCUT2D eigenvalue weighted by Crippen LogP contribution is -2.30. The van der Waals surface area contributed by atoms with Crippen molar-refractivity contribution in [1.29, 1.82) is 0 Å². The van der Waals surface area contributed by atoms with Gasteiger partial charge in [0.25, 0.3) is 0 Å². The van der Waals surface area contributed by atoms with Gasteiger partial charge in [0.05, 0.1) is 28.4 Å². The normalized spacial score (nSPS) is 18.5. The molecule has 0 spiro atoms. The average Bonchev–Trinajstić information content (AvgIpc) is 3.04. The summed E-state index contributed by atoms with van der Waals surface area (Å²) in [5, 5.41) is 18.5. The Balaban J connectivity index is 2.19. The summed E-state index contributed by atoms with van der Waals surface area (Å²) in [4.78, 5) is 25.6. The van der Waals surface area contributed by atoms with Crippen LogP contribution in [0, 0.1) is 23.3 Å². The third kappa shape index (κ3) is 3.16. The fourth-order valence-electron chi connectivity index (χ4n) is 4.11. The topological polar surface area (TPSA) is 109 Å². The van der Waals surface area contributed by atoms with E-state index in [1.165, 1.54) is 4.90 Å². The molecule has 0 saturated carbocycles. The zero-order chi connectivity index (χ0) is 23.5. The van der Waals surface area contributed by atoms with Crippen molar-refractivity contribution in [2.24, 2.45) is 0 Å². The molecule has 32 heavy (non-hydrogen) atoms. The number of nitrogens with two attached hydrogens (primary N) is 1. The van der Waals surface area contributed by atoms with E-state index in [2.05, 4.69) is 0 Å². The predicted molar refractivity (Wildman–Crippen MR) is 108 cm³/mol. The van der Waals surface area contributed by atoms with Gasteiger partial charge >= 0.3 is 5.97 Å². The molecule has 0 bridgehead atoms. The molecule has 1 saturated heterocycles. The number of aromatic carboxylic acids is 1. The summed E-state index contributed by atoms with van der Waals surface area (Å²) in [6.07, 6.45) is 0.0241. The molecule has 4 N–H and O–H groups in total. The van der Waals surface area contributed by atoms with E-state index in [0.29, 0.717) is 16.8 Å². The van der Waals surface area contributed by atoms with E-state index < -0.39 is 80.3 Å². The molecule has 4 rings (SSSR count). The second-order valence-electron chi connectivity index (χ2n) is 7.65. The molecule has 1 aliphatic heterocycles. The first-order chi connectivity index (χ1) is 15.0. The van der Waals surface area contributed by atoms with E-state index in [0.717, 1.165) is 12.1 Å². The van der Waals surface area contributed by atoms with Crippen molar-refractivity contribution < 1.29 is 32.6 Å². The molecule has 2 unspecified atom stereocenters. The number of anilines is 2. The standard InChI is InChI=1S/C21H17F4N3O4/c1-8-4-10(29)6-27(8)19-15(24)17(26)14-18(16(19)25)28(7-11(20(14)30)21(31)32)13-3-2-9(22)5-12(13)23/h2-3,5,7-8,10,29H,4,6,26H2,1H3,(H,31,32). The number of aromatic nitrogens is 1. The highest BCUT2D eigenvalue weighted by atomic mass is 19.1. The largest absolute Gasteiger partial charge is 0.477 e. The third-order valence-corrected chi connectivity index (χ3v) is 5.58. The van der Waals surface area contributed by atoms with Crippen LogP contribution in [-0.2, 0) is 0 Å². The first kappa shape index (κ1) is 21.6. The number of benzene rings is 2. The Morgan fingerprint density at radius 3 is 2.44 bits per heavy atom. The molecule has 3 aromatic rings. The van der Waals surface area contributed by atoms with Crippen LogP contribution >= 0.6 is 0 Å². The molecule has 11 heteroatoms. The average molecular weight is 451 g/mol. The van der Waals surface area contributed by atoms with Gasteiger partial charge in [-0.15, -0.1) is 0 Å². The Labute approximate surface area is 177 Å². The lowest BCUT2D eigenvalue weighted by atomic mass is 10.1. The number of aliphatic hydroxyl groups excluding tert-OH is 1. The third-order valence-electron chi connectivity index (χ3n) is 5.58. The lowest BCUT2D eigenvalue weighted by molar-refractivity contribution is 0.0695. The van der Waals surface area contributed by atoms with Crippen LogP contribution in [0.15, 0.2) is 29.2 Å². The Bertz CT molecular complexity index is 1340. The van der Waals surface area contributed by atoms with Crippen molar-refractivity contribution in [2.45, 2.75) is 25.5 Å². The summed E-state index contributed by atoms with van der Waals surface area (Å²) in [5.74, 6) is -6.46. The number of nitrogen functional groups attached to an aromatic ring is 1. The molecule has 2 heterocycles. The van der Waals surface area contributed by atoms with Crippen LogP contribution in [0.1, 0.15) is 23.7 Å². The van der Waals surface area contributed by atoms with Gasteiger partial charge in [-0.05, 0) is 25.5 Å². The highest BCUT2D eigenvalue weighted by molar-refractivity contribution is 6.00. The van der Waals surface area contributed by atoms with Crippen LogP contribution in [0.2, 0.25) is 0 Å². The maximum atomic E-state index is 15.8. The minimum absolute atomic E-state index is 0.123. The highest BCUT2D eigenvalue weighted by Gasteiger charge is 2.35. The molecule has 7 nitrogen and oxygen atoms in total. The van der Waals surface area contributed by atoms with Crippen LogP contribution in [0.4, 0.5) is 28.9 Å². The Hall–Kier alpha value is -3.60. The van der Waals surface area contributed by atoms with Crippen LogP contribution in [-0.4, -0.2) is 39.4 Å². The summed E-state index contributed by atoms with van der Waals surface area (Å²) >= 11 is 0. The molecular formula is C21H17F4N3O4. The van der Waals surface area contributed by atoms with E-state index in [1.54, 1.807) is 6.92 Å². The quantitative estimate of drug-likeness (QED) is 0.418. The predicted octanol–water partition coefficient (Wildman–Crippen LogP) is 2.79.